The fraction of sp³-hybridized carbons (Fsp3) is 0. The van der Waals surface area contributed by atoms with Gasteiger partial charge in [-0.15, -0.1) is 22.7 Å². The summed E-state index contributed by atoms with van der Waals surface area (Å²) in [5, 5.41) is 11.7. The van der Waals surface area contributed by atoms with Crippen LogP contribution in [-0.2, 0) is 0 Å². The molecule has 2 aromatic heterocycles. The maximum atomic E-state index is 2.36. The molecule has 10 aromatic rings. The van der Waals surface area contributed by atoms with Crippen LogP contribution in [0.2, 0.25) is 0 Å². The molecule has 0 aliphatic carbocycles. The Morgan fingerprint density at radius 2 is 0.978 bits per heavy atom. The van der Waals surface area contributed by atoms with Gasteiger partial charge in [-0.2, -0.15) is 0 Å². The molecule has 0 aliphatic rings. The molecule has 0 N–H and O–H groups in total. The smallest absolute Gasteiger partial charge is 0.0442 e. The second kappa shape index (κ2) is 10.1. The molecule has 214 valence electrons. The van der Waals surface area contributed by atoms with Crippen LogP contribution in [0, 0.1) is 0 Å². The third-order valence-corrected chi connectivity index (χ3v) is 11.9. The third kappa shape index (κ3) is 3.84. The van der Waals surface area contributed by atoms with E-state index in [-0.39, 0.29) is 0 Å². The van der Waals surface area contributed by atoms with E-state index in [0.717, 1.165) is 0 Å². The molecule has 0 saturated carbocycles. The average molecular weight is 619 g/mol. The van der Waals surface area contributed by atoms with Gasteiger partial charge in [-0.25, -0.2) is 0 Å². The van der Waals surface area contributed by atoms with Gasteiger partial charge in [0.1, 0.15) is 0 Å². The highest BCUT2D eigenvalue weighted by molar-refractivity contribution is 7.28. The van der Waals surface area contributed by atoms with Gasteiger partial charge in [0.2, 0.25) is 0 Å². The third-order valence-electron chi connectivity index (χ3n) is 9.44. The molecular formula is C44H26S2. The van der Waals surface area contributed by atoms with Gasteiger partial charge in [0.15, 0.2) is 0 Å². The predicted molar refractivity (Wildman–Crippen MR) is 204 cm³/mol. The van der Waals surface area contributed by atoms with Crippen molar-refractivity contribution in [1.82, 2.24) is 0 Å². The molecule has 0 unspecified atom stereocenters. The van der Waals surface area contributed by atoms with Gasteiger partial charge in [0, 0.05) is 35.3 Å². The fourth-order valence-electron chi connectivity index (χ4n) is 7.39. The molecule has 8 aromatic carbocycles. The van der Waals surface area contributed by atoms with Crippen molar-refractivity contribution in [3.63, 3.8) is 0 Å². The standard InChI is InChI=1S/C44H26S2/c1-2-12-28(13-3-1)39-26-31-23-24-38-42(43(31)46-39)37-20-10-19-36(44(37)45-38)41-34-17-8-6-15-32(34)40(33-16-7-9-18-35(33)41)30-22-21-27-11-4-5-14-29(27)25-30/h1-26H. The van der Waals surface area contributed by atoms with Gasteiger partial charge in [-0.1, -0.05) is 140 Å². The normalized spacial score (nSPS) is 11.9. The number of rotatable bonds is 3. The Morgan fingerprint density at radius 1 is 0.348 bits per heavy atom. The van der Waals surface area contributed by atoms with E-state index in [1.165, 1.54) is 95.3 Å². The molecule has 0 aliphatic heterocycles. The number of benzene rings is 8. The van der Waals surface area contributed by atoms with Gasteiger partial charge in [0.25, 0.3) is 0 Å². The van der Waals surface area contributed by atoms with E-state index in [0.29, 0.717) is 0 Å². The highest BCUT2D eigenvalue weighted by Gasteiger charge is 2.20. The van der Waals surface area contributed by atoms with Crippen molar-refractivity contribution in [2.75, 3.05) is 0 Å². The van der Waals surface area contributed by atoms with Crippen molar-refractivity contribution in [3.8, 4) is 32.7 Å². The van der Waals surface area contributed by atoms with E-state index in [9.17, 15) is 0 Å². The average Bonchev–Trinajstić information content (AvgIpc) is 3.73. The summed E-state index contributed by atoms with van der Waals surface area (Å²) in [4.78, 5) is 1.32. The van der Waals surface area contributed by atoms with Crippen LogP contribution in [0.4, 0.5) is 0 Å². The first-order valence-electron chi connectivity index (χ1n) is 15.7. The fourth-order valence-corrected chi connectivity index (χ4v) is 9.92. The number of fused-ring (bicyclic) bond motifs is 8. The van der Waals surface area contributed by atoms with Crippen LogP contribution in [0.15, 0.2) is 158 Å². The van der Waals surface area contributed by atoms with Crippen LogP contribution in [0.25, 0.3) is 95.3 Å². The van der Waals surface area contributed by atoms with Crippen LogP contribution >= 0.6 is 22.7 Å². The summed E-state index contributed by atoms with van der Waals surface area (Å²) in [5.74, 6) is 0. The molecule has 0 spiro atoms. The summed E-state index contributed by atoms with van der Waals surface area (Å²) in [6.45, 7) is 0. The first kappa shape index (κ1) is 26.0. The van der Waals surface area contributed by atoms with E-state index >= 15 is 0 Å². The summed E-state index contributed by atoms with van der Waals surface area (Å²) < 4.78 is 4.08. The molecule has 2 heterocycles. The van der Waals surface area contributed by atoms with E-state index in [1.54, 1.807) is 0 Å². The zero-order valence-electron chi connectivity index (χ0n) is 24.8. The van der Waals surface area contributed by atoms with E-state index in [2.05, 4.69) is 158 Å². The monoisotopic (exact) mass is 618 g/mol. The first-order valence-corrected chi connectivity index (χ1v) is 17.3. The Labute approximate surface area is 274 Å². The van der Waals surface area contributed by atoms with Crippen molar-refractivity contribution in [2.24, 2.45) is 0 Å². The lowest BCUT2D eigenvalue weighted by atomic mass is 9.85. The lowest BCUT2D eigenvalue weighted by molar-refractivity contribution is 1.69. The van der Waals surface area contributed by atoms with Crippen LogP contribution < -0.4 is 0 Å². The second-order valence-electron chi connectivity index (χ2n) is 12.0. The number of hydrogen-bond donors (Lipinski definition) is 0. The van der Waals surface area contributed by atoms with Gasteiger partial charge in [0.05, 0.1) is 0 Å². The Morgan fingerprint density at radius 3 is 1.74 bits per heavy atom. The van der Waals surface area contributed by atoms with Gasteiger partial charge in [-0.3, -0.25) is 0 Å². The van der Waals surface area contributed by atoms with Crippen molar-refractivity contribution in [2.45, 2.75) is 0 Å². The molecule has 10 rings (SSSR count). The summed E-state index contributed by atoms with van der Waals surface area (Å²) >= 11 is 3.84. The Balaban J connectivity index is 1.28. The largest absolute Gasteiger partial charge is 0.135 e. The highest BCUT2D eigenvalue weighted by atomic mass is 32.1. The number of hydrogen-bond acceptors (Lipinski definition) is 2. The maximum absolute atomic E-state index is 2.36. The topological polar surface area (TPSA) is 0 Å². The molecule has 46 heavy (non-hydrogen) atoms. The minimum Gasteiger partial charge on any atom is -0.135 e. The predicted octanol–water partition coefficient (Wildman–Crippen LogP) is 13.7. The summed E-state index contributed by atoms with van der Waals surface area (Å²) in [5.41, 5.74) is 6.47. The SMILES string of the molecule is c1ccc(-c2cc3ccc4sc5c(-c6c7ccccc7c(-c7ccc8ccccc8c7)c7ccccc67)cccc5c4c3s2)cc1. The molecule has 0 amide bonds. The van der Waals surface area contributed by atoms with Gasteiger partial charge >= 0.3 is 0 Å². The lowest BCUT2D eigenvalue weighted by Crippen LogP contribution is -1.91. The molecule has 0 saturated heterocycles. The molecule has 0 atom stereocenters. The molecule has 2 heteroatoms. The Hall–Kier alpha value is -5.28. The Bertz CT molecular complexity index is 2740. The van der Waals surface area contributed by atoms with Crippen molar-refractivity contribution in [3.05, 3.63) is 158 Å². The Kier molecular flexibility index (Phi) is 5.72. The lowest BCUT2D eigenvalue weighted by Gasteiger charge is -2.18. The first-order chi connectivity index (χ1) is 22.8. The second-order valence-corrected chi connectivity index (χ2v) is 14.1. The quantitative estimate of drug-likeness (QED) is 0.173. The van der Waals surface area contributed by atoms with Crippen molar-refractivity contribution < 1.29 is 0 Å². The van der Waals surface area contributed by atoms with Crippen LogP contribution in [0.5, 0.6) is 0 Å². The van der Waals surface area contributed by atoms with E-state index in [1.807, 2.05) is 22.7 Å². The van der Waals surface area contributed by atoms with Crippen molar-refractivity contribution >= 4 is 85.2 Å². The molecular weight excluding hydrogens is 593 g/mol. The van der Waals surface area contributed by atoms with Crippen LogP contribution in [-0.4, -0.2) is 0 Å². The zero-order valence-corrected chi connectivity index (χ0v) is 26.5. The van der Waals surface area contributed by atoms with E-state index < -0.39 is 0 Å². The van der Waals surface area contributed by atoms with Gasteiger partial charge < -0.3 is 0 Å². The summed E-state index contributed by atoms with van der Waals surface area (Å²) in [6.07, 6.45) is 0. The minimum atomic E-state index is 1.26. The molecule has 0 radical (unpaired) electrons. The summed E-state index contributed by atoms with van der Waals surface area (Å²) in [7, 11) is 0. The molecule has 0 fully saturated rings. The highest BCUT2D eigenvalue weighted by Crippen LogP contribution is 2.50. The zero-order chi connectivity index (χ0) is 30.2. The van der Waals surface area contributed by atoms with Gasteiger partial charge in [-0.05, 0) is 78.2 Å². The molecule has 0 bridgehead atoms. The van der Waals surface area contributed by atoms with Crippen molar-refractivity contribution in [1.29, 1.82) is 0 Å². The van der Waals surface area contributed by atoms with Crippen LogP contribution in [0.3, 0.4) is 0 Å². The van der Waals surface area contributed by atoms with E-state index in [4.69, 9.17) is 0 Å². The minimum absolute atomic E-state index is 1.26. The van der Waals surface area contributed by atoms with Crippen LogP contribution in [0.1, 0.15) is 0 Å². The summed E-state index contributed by atoms with van der Waals surface area (Å²) in [6, 6.07) is 58.2. The maximum Gasteiger partial charge on any atom is 0.0442 e. The number of thiophene rings is 2. The molecule has 0 nitrogen and oxygen atoms in total.